The van der Waals surface area contributed by atoms with Gasteiger partial charge in [0.05, 0.1) is 35.7 Å². The SMILES string of the molecule is CC=C(NC(=O)c1csc(-c2csc(-c3ccc4c(n3)-c3csc(n3)C([C@@H](C)O)NC(=O)c3csc(n3)[C@H](C(C)C)NC(=O)c3csc(n3)C(=CC)NC(=O)[C@H]([C@@H](C)O)NC(=O)c3csc-4n3)n2)n1)C(=O)NC[C@@H](C)O. The largest absolute Gasteiger partial charge is 0.392 e. The van der Waals surface area contributed by atoms with E-state index in [0.717, 1.165) is 34.0 Å². The Balaban J connectivity index is 1.15. The number of carbonyl (C=O) groups excluding carboxylic acids is 6. The summed E-state index contributed by atoms with van der Waals surface area (Å²) in [6.07, 6.45) is -0.261. The van der Waals surface area contributed by atoms with E-state index in [0.29, 0.717) is 53.4 Å². The molecule has 76 heavy (non-hydrogen) atoms. The fraction of sp³-hybridized carbons (Fsp3) is 0.312. The van der Waals surface area contributed by atoms with E-state index in [1.54, 1.807) is 48.2 Å². The molecule has 6 amide bonds. The van der Waals surface area contributed by atoms with Gasteiger partial charge in [-0.15, -0.1) is 68.0 Å². The molecule has 1 aliphatic heterocycles. The number of hydrogen-bond donors (Lipinski definition) is 9. The summed E-state index contributed by atoms with van der Waals surface area (Å²) in [5.74, 6) is -4.00. The standard InChI is InChI=1S/C48H49N13O9S6/c1-8-24(37(65)49-12-20(5)62)51-38(66)28-15-73-46(56-28)32-18-74-45(58-32)26-11-10-23-36(50-26)27-13-75-48(53-27)35(22(7)64)61-41(69)31-17-76-47(57-31)33(19(3)4)59-39(67)30-16-72-44(55-30)25(9-2)52-42(70)34(21(6)63)60-40(68)29-14-71-43(23)54-29/h8-11,13-22,33-35,62-64H,12H2,1-7H3,(H,49,65)(H,51,66)(H,52,70)(H,59,67)(H,60,68)(H,61,69)/t20-,21-,22-,33+,34+,35?/m1/s1. The zero-order valence-electron chi connectivity index (χ0n) is 41.4. The first-order valence-electron chi connectivity index (χ1n) is 23.3. The number of pyridine rings is 1. The van der Waals surface area contributed by atoms with Crippen LogP contribution in [0.25, 0.3) is 49.1 Å². The molecule has 0 saturated carbocycles. The predicted octanol–water partition coefficient (Wildman–Crippen LogP) is 5.57. The van der Waals surface area contributed by atoms with Crippen molar-refractivity contribution in [2.24, 2.45) is 5.92 Å². The van der Waals surface area contributed by atoms with Crippen LogP contribution in [0.1, 0.15) is 118 Å². The monoisotopic (exact) mass is 1140 g/mol. The number of allylic oxidation sites excluding steroid dienone is 2. The summed E-state index contributed by atoms with van der Waals surface area (Å²) >= 11 is 6.97. The lowest BCUT2D eigenvalue weighted by Gasteiger charge is -2.21. The van der Waals surface area contributed by atoms with E-state index in [4.69, 9.17) is 15.0 Å². The highest BCUT2D eigenvalue weighted by Gasteiger charge is 2.32. The van der Waals surface area contributed by atoms with E-state index in [2.05, 4.69) is 51.8 Å². The minimum atomic E-state index is -1.45. The lowest BCUT2D eigenvalue weighted by atomic mass is 10.1. The number of rotatable bonds is 10. The van der Waals surface area contributed by atoms with E-state index in [9.17, 15) is 44.1 Å². The summed E-state index contributed by atoms with van der Waals surface area (Å²) < 4.78 is 0. The number of hydrogen-bond acceptors (Lipinski definition) is 22. The molecule has 0 saturated heterocycles. The van der Waals surface area contributed by atoms with Gasteiger partial charge < -0.3 is 47.2 Å². The van der Waals surface area contributed by atoms with Crippen LogP contribution in [0.5, 0.6) is 0 Å². The number of carbonyl (C=O) groups is 6. The number of nitrogens with zero attached hydrogens (tertiary/aromatic N) is 7. The minimum Gasteiger partial charge on any atom is -0.392 e. The zero-order chi connectivity index (χ0) is 54.5. The van der Waals surface area contributed by atoms with Crippen molar-refractivity contribution in [3.63, 3.8) is 0 Å². The normalized spacial score (nSPS) is 18.5. The molecule has 8 heterocycles. The number of fused-ring (bicyclic) bond motifs is 11. The van der Waals surface area contributed by atoms with Crippen molar-refractivity contribution < 1.29 is 44.1 Å². The van der Waals surface area contributed by atoms with Crippen LogP contribution >= 0.6 is 68.0 Å². The number of aromatic nitrogens is 7. The number of nitrogens with one attached hydrogen (secondary N) is 6. The number of aliphatic hydroxyl groups is 3. The summed E-state index contributed by atoms with van der Waals surface area (Å²) in [4.78, 5) is 114. The third-order valence-electron chi connectivity index (χ3n) is 11.2. The molecule has 0 aliphatic carbocycles. The Bertz CT molecular complexity index is 3380. The molecule has 7 aromatic heterocycles. The summed E-state index contributed by atoms with van der Waals surface area (Å²) in [5, 5.41) is 59.6. The maximum Gasteiger partial charge on any atom is 0.275 e. The van der Waals surface area contributed by atoms with Crippen LogP contribution in [-0.2, 0) is 9.59 Å². The lowest BCUT2D eigenvalue weighted by Crippen LogP contribution is -2.52. The Morgan fingerprint density at radius 2 is 1.13 bits per heavy atom. The first-order valence-corrected chi connectivity index (χ1v) is 28.6. The first kappa shape index (κ1) is 55.3. The summed E-state index contributed by atoms with van der Waals surface area (Å²) in [5.41, 5.74) is 2.26. The molecule has 7 aromatic rings. The van der Waals surface area contributed by atoms with Crippen molar-refractivity contribution in [3.05, 3.63) is 100 Å². The molecule has 0 aromatic carbocycles. The molecule has 22 nitrogen and oxygen atoms in total. The fourth-order valence-corrected chi connectivity index (χ4v) is 12.4. The highest BCUT2D eigenvalue weighted by molar-refractivity contribution is 7.15. The third kappa shape index (κ3) is 12.5. The molecule has 8 rings (SSSR count). The van der Waals surface area contributed by atoms with Crippen LogP contribution in [0.15, 0.2) is 62.3 Å². The molecule has 0 radical (unpaired) electrons. The minimum absolute atomic E-state index is 0.00119. The van der Waals surface area contributed by atoms with Gasteiger partial charge in [0, 0.05) is 44.4 Å². The van der Waals surface area contributed by atoms with Crippen LogP contribution < -0.4 is 31.9 Å². The Morgan fingerprint density at radius 1 is 0.605 bits per heavy atom. The molecule has 6 atom stereocenters. The van der Waals surface area contributed by atoms with Gasteiger partial charge in [0.2, 0.25) is 5.91 Å². The van der Waals surface area contributed by atoms with E-state index < -0.39 is 71.9 Å². The number of thiazole rings is 6. The van der Waals surface area contributed by atoms with Gasteiger partial charge in [-0.05, 0) is 52.7 Å². The highest BCUT2D eigenvalue weighted by Crippen LogP contribution is 2.38. The van der Waals surface area contributed by atoms with Gasteiger partial charge in [-0.1, -0.05) is 26.0 Å². The van der Waals surface area contributed by atoms with Gasteiger partial charge in [0.25, 0.3) is 29.5 Å². The molecular formula is C48H49N13O9S6. The molecule has 9 N–H and O–H groups in total. The lowest BCUT2D eigenvalue weighted by molar-refractivity contribution is -0.124. The molecule has 8 bridgehead atoms. The second-order valence-corrected chi connectivity index (χ2v) is 22.6. The predicted molar refractivity (Wildman–Crippen MR) is 290 cm³/mol. The Kier molecular flexibility index (Phi) is 17.5. The Labute approximate surface area is 458 Å². The second-order valence-electron chi connectivity index (χ2n) is 17.4. The van der Waals surface area contributed by atoms with Gasteiger partial charge in [0.1, 0.15) is 87.7 Å². The van der Waals surface area contributed by atoms with Crippen molar-refractivity contribution >= 4 is 109 Å². The highest BCUT2D eigenvalue weighted by atomic mass is 32.1. The van der Waals surface area contributed by atoms with Crippen LogP contribution in [0.3, 0.4) is 0 Å². The van der Waals surface area contributed by atoms with E-state index in [1.807, 2.05) is 13.8 Å². The summed E-state index contributed by atoms with van der Waals surface area (Å²) in [7, 11) is 0. The van der Waals surface area contributed by atoms with Crippen LogP contribution in [-0.4, -0.2) is 117 Å². The van der Waals surface area contributed by atoms with Gasteiger partial charge in [-0.2, -0.15) is 0 Å². The van der Waals surface area contributed by atoms with E-state index in [1.165, 1.54) is 77.0 Å². The molecule has 1 unspecified atom stereocenters. The van der Waals surface area contributed by atoms with Gasteiger partial charge in [-0.3, -0.25) is 28.8 Å². The first-order chi connectivity index (χ1) is 36.3. The molecule has 396 valence electrons. The summed E-state index contributed by atoms with van der Waals surface area (Å²) in [6, 6.07) is 0.366. The second kappa shape index (κ2) is 24.0. The van der Waals surface area contributed by atoms with Crippen molar-refractivity contribution in [2.45, 2.75) is 84.9 Å². The molecule has 1 aliphatic rings. The molecule has 28 heteroatoms. The van der Waals surface area contributed by atoms with E-state index >= 15 is 0 Å². The van der Waals surface area contributed by atoms with Gasteiger partial charge in [-0.25, -0.2) is 34.9 Å². The zero-order valence-corrected chi connectivity index (χ0v) is 46.3. The van der Waals surface area contributed by atoms with Crippen LogP contribution in [0.4, 0.5) is 0 Å². The Hall–Kier alpha value is -6.89. The van der Waals surface area contributed by atoms with Crippen molar-refractivity contribution in [2.75, 3.05) is 6.54 Å². The smallest absolute Gasteiger partial charge is 0.275 e. The van der Waals surface area contributed by atoms with Crippen molar-refractivity contribution in [1.29, 1.82) is 0 Å². The third-order valence-corrected chi connectivity index (χ3v) is 16.6. The Morgan fingerprint density at radius 3 is 1.78 bits per heavy atom. The quantitative estimate of drug-likeness (QED) is 0.0756. The number of amides is 6. The fourth-order valence-electron chi connectivity index (χ4n) is 7.20. The number of aliphatic hydroxyl groups excluding tert-OH is 3. The van der Waals surface area contributed by atoms with Crippen LogP contribution in [0.2, 0.25) is 0 Å². The van der Waals surface area contributed by atoms with Gasteiger partial charge in [0.15, 0.2) is 0 Å². The van der Waals surface area contributed by atoms with Crippen LogP contribution in [0, 0.1) is 5.92 Å². The maximum atomic E-state index is 13.9. The summed E-state index contributed by atoms with van der Waals surface area (Å²) in [6.45, 7) is 11.4. The topological polar surface area (TPSA) is 326 Å². The van der Waals surface area contributed by atoms with Crippen molar-refractivity contribution in [1.82, 2.24) is 66.8 Å². The van der Waals surface area contributed by atoms with Gasteiger partial charge >= 0.3 is 0 Å². The van der Waals surface area contributed by atoms with Crippen molar-refractivity contribution in [3.8, 4) is 43.4 Å². The molecular weight excluding hydrogens is 1100 g/mol. The van der Waals surface area contributed by atoms with E-state index in [-0.39, 0.29) is 51.6 Å². The molecule has 0 fully saturated rings. The maximum absolute atomic E-state index is 13.9. The average molecular weight is 1140 g/mol. The molecule has 0 spiro atoms. The average Bonchev–Trinajstić information content (AvgIpc) is 4.26.